The molecule has 0 aliphatic carbocycles. The summed E-state index contributed by atoms with van der Waals surface area (Å²) < 4.78 is 5.27. The smallest absolute Gasteiger partial charge is 0.250 e. The van der Waals surface area contributed by atoms with E-state index in [1.54, 1.807) is 0 Å². The zero-order chi connectivity index (χ0) is 16.1. The Morgan fingerprint density at radius 1 is 1.13 bits per heavy atom. The van der Waals surface area contributed by atoms with Gasteiger partial charge in [0.2, 0.25) is 5.91 Å². The number of carbonyl (C=O) groups excluding carboxylic acids is 1. The fraction of sp³-hybridized carbons (Fsp3) is 0.222. The molecule has 3 rings (SSSR count). The average molecular weight is 326 g/mol. The van der Waals surface area contributed by atoms with Crippen LogP contribution in [-0.2, 0) is 9.53 Å². The fourth-order valence-corrected chi connectivity index (χ4v) is 2.84. The number of carbonyl (C=O) groups is 1. The van der Waals surface area contributed by atoms with Crippen LogP contribution in [0.5, 0.6) is 0 Å². The van der Waals surface area contributed by atoms with Gasteiger partial charge in [-0.1, -0.05) is 42.5 Å². The van der Waals surface area contributed by atoms with Gasteiger partial charge in [0.15, 0.2) is 5.11 Å². The zero-order valence-corrected chi connectivity index (χ0v) is 13.5. The van der Waals surface area contributed by atoms with E-state index in [9.17, 15) is 4.79 Å². The molecule has 0 radical (unpaired) electrons. The lowest BCUT2D eigenvalue weighted by Gasteiger charge is -2.28. The zero-order valence-electron chi connectivity index (χ0n) is 12.7. The van der Waals surface area contributed by atoms with Gasteiger partial charge in [0.1, 0.15) is 0 Å². The third-order valence-corrected chi connectivity index (χ3v) is 4.13. The second-order valence-electron chi connectivity index (χ2n) is 5.30. The Labute approximate surface area is 140 Å². The van der Waals surface area contributed by atoms with Crippen molar-refractivity contribution in [1.29, 1.82) is 0 Å². The number of rotatable bonds is 2. The molecule has 0 atom stereocenters. The van der Waals surface area contributed by atoms with E-state index in [1.165, 1.54) is 6.08 Å². The summed E-state index contributed by atoms with van der Waals surface area (Å²) in [5, 5.41) is 5.48. The molecule has 1 aliphatic heterocycles. The minimum absolute atomic E-state index is 0.213. The molecular weight excluding hydrogens is 308 g/mol. The summed E-state index contributed by atoms with van der Waals surface area (Å²) in [5.41, 5.74) is 1.01. The first-order valence-electron chi connectivity index (χ1n) is 7.57. The topological polar surface area (TPSA) is 41.6 Å². The number of thiocarbonyl (C=S) groups is 1. The summed E-state index contributed by atoms with van der Waals surface area (Å²) in [7, 11) is 0. The number of amides is 1. The molecule has 23 heavy (non-hydrogen) atoms. The van der Waals surface area contributed by atoms with Crippen LogP contribution >= 0.6 is 12.2 Å². The maximum absolute atomic E-state index is 12.1. The van der Waals surface area contributed by atoms with Gasteiger partial charge in [-0.2, -0.15) is 0 Å². The predicted octanol–water partition coefficient (Wildman–Crippen LogP) is 2.59. The van der Waals surface area contributed by atoms with Crippen molar-refractivity contribution in [1.82, 2.24) is 10.2 Å². The highest BCUT2D eigenvalue weighted by atomic mass is 32.1. The average Bonchev–Trinajstić information content (AvgIpc) is 2.60. The van der Waals surface area contributed by atoms with Gasteiger partial charge < -0.3 is 9.64 Å². The molecule has 0 spiro atoms. The molecule has 1 aliphatic rings. The highest BCUT2D eigenvalue weighted by Crippen LogP contribution is 2.19. The Morgan fingerprint density at radius 3 is 2.70 bits per heavy atom. The minimum atomic E-state index is -0.213. The van der Waals surface area contributed by atoms with Crippen LogP contribution in [0.3, 0.4) is 0 Å². The van der Waals surface area contributed by atoms with Gasteiger partial charge in [0.25, 0.3) is 0 Å². The van der Waals surface area contributed by atoms with Gasteiger partial charge in [0.05, 0.1) is 13.2 Å². The summed E-state index contributed by atoms with van der Waals surface area (Å²) in [6.45, 7) is 2.71. The lowest BCUT2D eigenvalue weighted by molar-refractivity contribution is -0.115. The summed E-state index contributed by atoms with van der Waals surface area (Å²) in [5.74, 6) is -0.213. The van der Waals surface area contributed by atoms with E-state index in [0.29, 0.717) is 31.4 Å². The second kappa shape index (κ2) is 7.35. The monoisotopic (exact) mass is 326 g/mol. The summed E-state index contributed by atoms with van der Waals surface area (Å²) in [4.78, 5) is 14.0. The Bertz CT molecular complexity index is 746. The Hall–Kier alpha value is -2.24. The largest absolute Gasteiger partial charge is 0.378 e. The molecule has 4 nitrogen and oxygen atoms in total. The Morgan fingerprint density at radius 2 is 1.87 bits per heavy atom. The molecule has 5 heteroatoms. The molecule has 2 aromatic rings. The van der Waals surface area contributed by atoms with Crippen molar-refractivity contribution in [3.05, 3.63) is 54.1 Å². The summed E-state index contributed by atoms with van der Waals surface area (Å²) >= 11 is 5.26. The van der Waals surface area contributed by atoms with E-state index in [-0.39, 0.29) is 5.91 Å². The number of hydrogen-bond donors (Lipinski definition) is 1. The van der Waals surface area contributed by atoms with Crippen LogP contribution in [0.4, 0.5) is 0 Å². The van der Waals surface area contributed by atoms with Crippen molar-refractivity contribution >= 4 is 40.1 Å². The van der Waals surface area contributed by atoms with Gasteiger partial charge in [-0.15, -0.1) is 0 Å². The van der Waals surface area contributed by atoms with Crippen molar-refractivity contribution in [2.24, 2.45) is 0 Å². The number of nitrogens with zero attached hydrogens (tertiary/aromatic N) is 1. The summed E-state index contributed by atoms with van der Waals surface area (Å²) in [6.07, 6.45) is 3.34. The van der Waals surface area contributed by atoms with Gasteiger partial charge in [0, 0.05) is 19.2 Å². The SMILES string of the molecule is O=C(C=Cc1cccc2ccccc12)NC(=S)N1CCOCC1. The number of ether oxygens (including phenoxy) is 1. The number of hydrogen-bond acceptors (Lipinski definition) is 3. The van der Waals surface area contributed by atoms with Gasteiger partial charge in [-0.25, -0.2) is 0 Å². The third-order valence-electron chi connectivity index (χ3n) is 3.77. The van der Waals surface area contributed by atoms with Crippen LogP contribution in [0, 0.1) is 0 Å². The molecule has 0 aromatic heterocycles. The van der Waals surface area contributed by atoms with Crippen LogP contribution in [0.15, 0.2) is 48.5 Å². The standard InChI is InChI=1S/C18H18N2O2S/c21-17(19-18(23)20-10-12-22-13-11-20)9-8-15-6-3-5-14-4-1-2-7-16(14)15/h1-9H,10-13H2,(H,19,21,23). The number of nitrogens with one attached hydrogen (secondary N) is 1. The first-order chi connectivity index (χ1) is 11.2. The van der Waals surface area contributed by atoms with Crippen molar-refractivity contribution < 1.29 is 9.53 Å². The molecule has 0 saturated carbocycles. The molecule has 0 bridgehead atoms. The number of benzene rings is 2. The third kappa shape index (κ3) is 3.94. The molecule has 1 fully saturated rings. The molecule has 0 unspecified atom stereocenters. The van der Waals surface area contributed by atoms with E-state index in [0.717, 1.165) is 16.3 Å². The quantitative estimate of drug-likeness (QED) is 0.680. The van der Waals surface area contributed by atoms with Crippen molar-refractivity contribution in [2.45, 2.75) is 0 Å². The van der Waals surface area contributed by atoms with Crippen LogP contribution in [0.25, 0.3) is 16.8 Å². The van der Waals surface area contributed by atoms with Crippen LogP contribution in [0.1, 0.15) is 5.56 Å². The fourth-order valence-electron chi connectivity index (χ4n) is 2.55. The highest BCUT2D eigenvalue weighted by molar-refractivity contribution is 7.80. The molecule has 1 amide bonds. The predicted molar refractivity (Wildman–Crippen MR) is 96.1 cm³/mol. The van der Waals surface area contributed by atoms with Gasteiger partial charge in [-0.3, -0.25) is 10.1 Å². The van der Waals surface area contributed by atoms with Crippen LogP contribution in [0.2, 0.25) is 0 Å². The van der Waals surface area contributed by atoms with Crippen molar-refractivity contribution in [3.8, 4) is 0 Å². The summed E-state index contributed by atoms with van der Waals surface area (Å²) in [6, 6.07) is 14.1. The van der Waals surface area contributed by atoms with E-state index in [2.05, 4.69) is 17.4 Å². The lowest BCUT2D eigenvalue weighted by atomic mass is 10.0. The molecule has 118 valence electrons. The maximum atomic E-state index is 12.1. The minimum Gasteiger partial charge on any atom is -0.378 e. The van der Waals surface area contributed by atoms with Crippen LogP contribution < -0.4 is 5.32 Å². The van der Waals surface area contributed by atoms with Crippen molar-refractivity contribution in [3.63, 3.8) is 0 Å². The normalized spacial score (nSPS) is 15.0. The number of morpholine rings is 1. The van der Waals surface area contributed by atoms with Crippen LogP contribution in [-0.4, -0.2) is 42.2 Å². The van der Waals surface area contributed by atoms with E-state index in [4.69, 9.17) is 17.0 Å². The van der Waals surface area contributed by atoms with Crippen molar-refractivity contribution in [2.75, 3.05) is 26.3 Å². The first kappa shape index (κ1) is 15.6. The second-order valence-corrected chi connectivity index (χ2v) is 5.68. The van der Waals surface area contributed by atoms with E-state index < -0.39 is 0 Å². The van der Waals surface area contributed by atoms with E-state index >= 15 is 0 Å². The van der Waals surface area contributed by atoms with E-state index in [1.807, 2.05) is 41.3 Å². The lowest BCUT2D eigenvalue weighted by Crippen LogP contribution is -2.47. The molecule has 2 aromatic carbocycles. The first-order valence-corrected chi connectivity index (χ1v) is 7.98. The highest BCUT2D eigenvalue weighted by Gasteiger charge is 2.14. The molecule has 1 saturated heterocycles. The Kier molecular flexibility index (Phi) is 5.00. The molecular formula is C18H18N2O2S. The van der Waals surface area contributed by atoms with Gasteiger partial charge >= 0.3 is 0 Å². The maximum Gasteiger partial charge on any atom is 0.250 e. The number of fused-ring (bicyclic) bond motifs is 1. The molecule has 1 N–H and O–H groups in total. The Balaban J connectivity index is 1.67. The molecule has 1 heterocycles. The van der Waals surface area contributed by atoms with Gasteiger partial charge in [-0.05, 0) is 34.6 Å².